The average Bonchev–Trinajstić information content (AvgIpc) is 2.98. The minimum absolute atomic E-state index is 0.0897. The number of nitrogens with zero attached hydrogens (tertiary/aromatic N) is 2. The Balaban J connectivity index is 1.71. The number of amides is 1. The summed E-state index contributed by atoms with van der Waals surface area (Å²) in [6, 6.07) is -0.419. The molecule has 1 amide bonds. The van der Waals surface area contributed by atoms with Crippen molar-refractivity contribution in [3.05, 3.63) is 23.9 Å². The molecule has 0 aromatic heterocycles. The Morgan fingerprint density at radius 2 is 2.32 bits per heavy atom. The molecule has 0 unspecified atom stereocenters. The maximum Gasteiger partial charge on any atom is 0.251 e. The fourth-order valence-corrected chi connectivity index (χ4v) is 3.33. The lowest BCUT2D eigenvalue weighted by molar-refractivity contribution is -0.133. The number of hydrogen-bond acceptors (Lipinski definition) is 5. The van der Waals surface area contributed by atoms with E-state index in [-0.39, 0.29) is 12.0 Å². The molecule has 6 heteroatoms. The van der Waals surface area contributed by atoms with E-state index in [1.54, 1.807) is 0 Å². The molecule has 5 nitrogen and oxygen atoms in total. The summed E-state index contributed by atoms with van der Waals surface area (Å²) >= 11 is 1.89. The van der Waals surface area contributed by atoms with Gasteiger partial charge in [0.25, 0.3) is 5.91 Å². The van der Waals surface area contributed by atoms with E-state index in [1.165, 1.54) is 6.40 Å². The van der Waals surface area contributed by atoms with E-state index < -0.39 is 6.04 Å². The first kappa shape index (κ1) is 12.6. The van der Waals surface area contributed by atoms with Crippen molar-refractivity contribution in [1.82, 2.24) is 10.2 Å². The van der Waals surface area contributed by atoms with Crippen LogP contribution in [0.4, 0.5) is 0 Å². The van der Waals surface area contributed by atoms with Crippen LogP contribution in [0.15, 0.2) is 28.9 Å². The lowest BCUT2D eigenvalue weighted by atomic mass is 10.00. The first-order chi connectivity index (χ1) is 9.36. The van der Waals surface area contributed by atoms with Crippen LogP contribution >= 0.6 is 11.8 Å². The summed E-state index contributed by atoms with van der Waals surface area (Å²) in [5.41, 5.74) is 1.03. The number of dihydropyridines is 1. The number of nitrogens with one attached hydrogen (secondary N) is 1. The molecule has 0 aromatic rings. The minimum Gasteiger partial charge on any atom is -0.473 e. The summed E-state index contributed by atoms with van der Waals surface area (Å²) in [4.78, 5) is 18.6. The predicted molar refractivity (Wildman–Crippen MR) is 76.3 cm³/mol. The van der Waals surface area contributed by atoms with E-state index in [0.717, 1.165) is 36.7 Å². The van der Waals surface area contributed by atoms with E-state index in [9.17, 15) is 4.79 Å². The number of aliphatic imine (C=N–C) groups is 1. The third-order valence-electron chi connectivity index (χ3n) is 3.47. The van der Waals surface area contributed by atoms with Crippen LogP contribution in [-0.4, -0.2) is 60.5 Å². The van der Waals surface area contributed by atoms with Crippen LogP contribution in [0, 0.1) is 0 Å². The smallest absolute Gasteiger partial charge is 0.251 e. The van der Waals surface area contributed by atoms with Crippen molar-refractivity contribution in [2.45, 2.75) is 12.1 Å². The van der Waals surface area contributed by atoms with Crippen molar-refractivity contribution >= 4 is 24.1 Å². The van der Waals surface area contributed by atoms with E-state index >= 15 is 0 Å². The van der Waals surface area contributed by atoms with Crippen molar-refractivity contribution in [1.29, 1.82) is 0 Å². The summed E-state index contributed by atoms with van der Waals surface area (Å²) < 4.78 is 5.53. The highest BCUT2D eigenvalue weighted by Gasteiger charge is 2.37. The summed E-state index contributed by atoms with van der Waals surface area (Å²) in [6.07, 6.45) is 7.04. The number of carbonyl (C=O) groups excluding carboxylic acids is 1. The van der Waals surface area contributed by atoms with Gasteiger partial charge < -0.3 is 15.0 Å². The highest BCUT2D eigenvalue weighted by molar-refractivity contribution is 7.99. The van der Waals surface area contributed by atoms with Crippen molar-refractivity contribution in [3.8, 4) is 0 Å². The summed E-state index contributed by atoms with van der Waals surface area (Å²) in [7, 11) is 0. The quantitative estimate of drug-likeness (QED) is 0.795. The van der Waals surface area contributed by atoms with Gasteiger partial charge in [0.15, 0.2) is 18.5 Å². The van der Waals surface area contributed by atoms with Crippen LogP contribution in [0.2, 0.25) is 0 Å². The maximum absolute atomic E-state index is 12.5. The van der Waals surface area contributed by atoms with Gasteiger partial charge in [-0.15, -0.1) is 0 Å². The molecule has 1 saturated heterocycles. The molecule has 3 rings (SSSR count). The lowest BCUT2D eigenvalue weighted by Crippen LogP contribution is -2.46. The van der Waals surface area contributed by atoms with Crippen LogP contribution in [-0.2, 0) is 9.53 Å². The third-order valence-corrected chi connectivity index (χ3v) is 4.41. The highest BCUT2D eigenvalue weighted by atomic mass is 32.2. The largest absolute Gasteiger partial charge is 0.473 e. The molecule has 0 saturated carbocycles. The van der Waals surface area contributed by atoms with Crippen LogP contribution in [0.25, 0.3) is 0 Å². The Morgan fingerprint density at radius 3 is 3.05 bits per heavy atom. The van der Waals surface area contributed by atoms with Gasteiger partial charge in [0.05, 0.1) is 0 Å². The molecule has 19 heavy (non-hydrogen) atoms. The number of thioether (sulfide) groups is 1. The van der Waals surface area contributed by atoms with Gasteiger partial charge in [-0.3, -0.25) is 4.79 Å². The number of ether oxygens (including phenoxy) is 1. The molecule has 3 aliphatic heterocycles. The molecule has 0 aromatic carbocycles. The first-order valence-corrected chi connectivity index (χ1v) is 7.65. The fraction of sp³-hybridized carbons (Fsp3) is 0.538. The van der Waals surface area contributed by atoms with Gasteiger partial charge in [-0.1, -0.05) is 6.08 Å². The second-order valence-electron chi connectivity index (χ2n) is 4.64. The first-order valence-electron chi connectivity index (χ1n) is 6.50. The van der Waals surface area contributed by atoms with Gasteiger partial charge in [0.1, 0.15) is 0 Å². The molecular weight excluding hydrogens is 262 g/mol. The molecular formula is C13H17N3O2S. The van der Waals surface area contributed by atoms with Gasteiger partial charge in [0.2, 0.25) is 0 Å². The van der Waals surface area contributed by atoms with Crippen molar-refractivity contribution < 1.29 is 9.53 Å². The molecule has 3 aliphatic rings. The van der Waals surface area contributed by atoms with Gasteiger partial charge >= 0.3 is 0 Å². The summed E-state index contributed by atoms with van der Waals surface area (Å²) in [6.45, 7) is 2.41. The standard InChI is InChI=1S/C13H17N3O2S/c17-13(16-5-7-19-8-6-16)11-12(18-9-15-11)10-1-3-14-4-2-10/h1-3,9,11-12,14H,4-8H2/t11-,12+/m0/s1. The number of hydrogen-bond donors (Lipinski definition) is 1. The Morgan fingerprint density at radius 1 is 1.47 bits per heavy atom. The van der Waals surface area contributed by atoms with Crippen LogP contribution in [0.5, 0.6) is 0 Å². The van der Waals surface area contributed by atoms with Gasteiger partial charge in [0, 0.05) is 31.1 Å². The zero-order valence-corrected chi connectivity index (χ0v) is 11.4. The van der Waals surface area contributed by atoms with Crippen molar-refractivity contribution in [2.75, 3.05) is 31.1 Å². The van der Waals surface area contributed by atoms with Gasteiger partial charge in [-0.25, -0.2) is 4.99 Å². The van der Waals surface area contributed by atoms with Crippen molar-refractivity contribution in [3.63, 3.8) is 0 Å². The Bertz CT molecular complexity index is 441. The van der Waals surface area contributed by atoms with Crippen LogP contribution in [0.1, 0.15) is 0 Å². The molecule has 0 bridgehead atoms. The fourth-order valence-electron chi connectivity index (χ4n) is 2.42. The SMILES string of the molecule is O=C([C@H]1N=CO[C@@H]1C1=CCNC=C1)N1CCSCC1. The highest BCUT2D eigenvalue weighted by Crippen LogP contribution is 2.23. The average molecular weight is 279 g/mol. The Labute approximate surface area is 116 Å². The molecule has 1 N–H and O–H groups in total. The lowest BCUT2D eigenvalue weighted by Gasteiger charge is -2.29. The summed E-state index contributed by atoms with van der Waals surface area (Å²) in [5, 5.41) is 3.09. The van der Waals surface area contributed by atoms with E-state index in [1.807, 2.05) is 35.0 Å². The van der Waals surface area contributed by atoms with E-state index in [2.05, 4.69) is 10.3 Å². The van der Waals surface area contributed by atoms with E-state index in [0.29, 0.717) is 0 Å². The molecule has 3 heterocycles. The third kappa shape index (κ3) is 2.63. The zero-order chi connectivity index (χ0) is 13.1. The molecule has 1 fully saturated rings. The number of carbonyl (C=O) groups is 1. The van der Waals surface area contributed by atoms with Crippen molar-refractivity contribution in [2.24, 2.45) is 4.99 Å². The molecule has 0 spiro atoms. The Hall–Kier alpha value is -1.43. The van der Waals surface area contributed by atoms with Gasteiger partial charge in [-0.2, -0.15) is 11.8 Å². The monoisotopic (exact) mass is 279 g/mol. The molecule has 102 valence electrons. The minimum atomic E-state index is -0.419. The van der Waals surface area contributed by atoms with Gasteiger partial charge in [-0.05, 0) is 17.8 Å². The second kappa shape index (κ2) is 5.69. The topological polar surface area (TPSA) is 53.9 Å². The Kier molecular flexibility index (Phi) is 3.77. The second-order valence-corrected chi connectivity index (χ2v) is 5.86. The van der Waals surface area contributed by atoms with Crippen LogP contribution in [0.3, 0.4) is 0 Å². The predicted octanol–water partition coefficient (Wildman–Crippen LogP) is 0.401. The van der Waals surface area contributed by atoms with E-state index in [4.69, 9.17) is 4.74 Å². The zero-order valence-electron chi connectivity index (χ0n) is 10.6. The molecule has 2 atom stereocenters. The molecule has 0 radical (unpaired) electrons. The van der Waals surface area contributed by atoms with Crippen LogP contribution < -0.4 is 5.32 Å². The maximum atomic E-state index is 12.5. The molecule has 0 aliphatic carbocycles. The normalized spacial score (nSPS) is 29.7. The summed E-state index contributed by atoms with van der Waals surface area (Å²) in [5.74, 6) is 2.12. The number of rotatable bonds is 2.